The molecule has 0 bridgehead atoms. The van der Waals surface area contributed by atoms with Crippen molar-refractivity contribution in [3.63, 3.8) is 0 Å². The predicted molar refractivity (Wildman–Crippen MR) is 87.8 cm³/mol. The van der Waals surface area contributed by atoms with E-state index in [2.05, 4.69) is 16.6 Å². The third-order valence-electron chi connectivity index (χ3n) is 2.85. The Morgan fingerprint density at radius 1 is 1.38 bits per heavy atom. The highest BCUT2D eigenvalue weighted by molar-refractivity contribution is 8.00. The first kappa shape index (κ1) is 18.1. The van der Waals surface area contributed by atoms with Crippen molar-refractivity contribution in [3.05, 3.63) is 29.8 Å². The van der Waals surface area contributed by atoms with Gasteiger partial charge in [-0.3, -0.25) is 0 Å². The van der Waals surface area contributed by atoms with E-state index in [1.165, 1.54) is 0 Å². The number of hydrogen-bond donors (Lipinski definition) is 2. The van der Waals surface area contributed by atoms with Crippen molar-refractivity contribution in [3.8, 4) is 11.8 Å². The van der Waals surface area contributed by atoms with E-state index in [0.29, 0.717) is 18.5 Å². The smallest absolute Gasteiger partial charge is 0.240 e. The zero-order valence-electron chi connectivity index (χ0n) is 12.5. The molecule has 0 saturated heterocycles. The number of aliphatic hydroxyl groups excluding tert-OH is 1. The van der Waals surface area contributed by atoms with Crippen LogP contribution in [0.15, 0.2) is 29.2 Å². The maximum absolute atomic E-state index is 12.3. The molecule has 0 spiro atoms. The lowest BCUT2D eigenvalue weighted by Crippen LogP contribution is -2.36. The fourth-order valence-corrected chi connectivity index (χ4v) is 2.95. The van der Waals surface area contributed by atoms with Gasteiger partial charge in [-0.1, -0.05) is 17.9 Å². The molecule has 1 rings (SSSR count). The number of rotatable bonds is 6. The van der Waals surface area contributed by atoms with Gasteiger partial charge in [-0.15, -0.1) is 0 Å². The molecule has 6 heteroatoms. The average molecular weight is 327 g/mol. The summed E-state index contributed by atoms with van der Waals surface area (Å²) >= 11 is 1.61. The molecule has 0 amide bonds. The standard InChI is InChI=1S/C15H21NO3S2/c1-15(2,20-3)12-16-21(18,19)14-9-6-8-13(11-14)7-4-5-10-17/h6,8-9,11,16-17H,5,10,12H2,1-3H3. The number of nitrogens with one attached hydrogen (secondary N) is 1. The van der Waals surface area contributed by atoms with Crippen molar-refractivity contribution < 1.29 is 13.5 Å². The van der Waals surface area contributed by atoms with Gasteiger partial charge in [0.25, 0.3) is 0 Å². The van der Waals surface area contributed by atoms with Gasteiger partial charge in [0.15, 0.2) is 0 Å². The van der Waals surface area contributed by atoms with Crippen molar-refractivity contribution >= 4 is 21.8 Å². The van der Waals surface area contributed by atoms with Crippen LogP contribution < -0.4 is 4.72 Å². The number of benzene rings is 1. The molecule has 0 fully saturated rings. The first-order valence-electron chi connectivity index (χ1n) is 6.55. The summed E-state index contributed by atoms with van der Waals surface area (Å²) in [5.74, 6) is 5.61. The van der Waals surface area contributed by atoms with E-state index in [1.54, 1.807) is 36.0 Å². The van der Waals surface area contributed by atoms with E-state index in [-0.39, 0.29) is 16.2 Å². The van der Waals surface area contributed by atoms with Crippen LogP contribution in [0.1, 0.15) is 25.8 Å². The van der Waals surface area contributed by atoms with Crippen molar-refractivity contribution in [1.29, 1.82) is 0 Å². The summed E-state index contributed by atoms with van der Waals surface area (Å²) in [5.41, 5.74) is 0.621. The highest BCUT2D eigenvalue weighted by Crippen LogP contribution is 2.21. The van der Waals surface area contributed by atoms with Crippen LogP contribution in [-0.2, 0) is 10.0 Å². The minimum Gasteiger partial charge on any atom is -0.395 e. The Labute approximate surface area is 131 Å². The summed E-state index contributed by atoms with van der Waals surface area (Å²) in [6.07, 6.45) is 2.32. The topological polar surface area (TPSA) is 66.4 Å². The van der Waals surface area contributed by atoms with Gasteiger partial charge >= 0.3 is 0 Å². The Balaban J connectivity index is 2.89. The van der Waals surface area contributed by atoms with Gasteiger partial charge in [-0.05, 0) is 38.3 Å². The van der Waals surface area contributed by atoms with Crippen LogP contribution in [0.5, 0.6) is 0 Å². The first-order valence-corrected chi connectivity index (χ1v) is 9.26. The molecule has 21 heavy (non-hydrogen) atoms. The Kier molecular flexibility index (Phi) is 6.75. The Morgan fingerprint density at radius 3 is 2.71 bits per heavy atom. The minimum absolute atomic E-state index is 0.00366. The van der Waals surface area contributed by atoms with Crippen LogP contribution in [0.4, 0.5) is 0 Å². The second kappa shape index (κ2) is 7.85. The van der Waals surface area contributed by atoms with Crippen LogP contribution in [-0.4, -0.2) is 37.7 Å². The fourth-order valence-electron chi connectivity index (χ4n) is 1.39. The van der Waals surface area contributed by atoms with E-state index in [1.807, 2.05) is 20.1 Å². The zero-order chi connectivity index (χ0) is 15.9. The molecule has 0 aliphatic carbocycles. The molecule has 0 aromatic heterocycles. The van der Waals surface area contributed by atoms with Gasteiger partial charge < -0.3 is 5.11 Å². The van der Waals surface area contributed by atoms with Gasteiger partial charge in [0.05, 0.1) is 11.5 Å². The van der Waals surface area contributed by atoms with Crippen LogP contribution in [0.2, 0.25) is 0 Å². The molecular formula is C15H21NO3S2. The Bertz CT molecular complexity index is 628. The highest BCUT2D eigenvalue weighted by atomic mass is 32.2. The lowest BCUT2D eigenvalue weighted by molar-refractivity contribution is 0.305. The highest BCUT2D eigenvalue weighted by Gasteiger charge is 2.21. The third-order valence-corrected chi connectivity index (χ3v) is 5.50. The molecule has 1 aromatic rings. The molecule has 0 atom stereocenters. The van der Waals surface area contributed by atoms with Gasteiger partial charge in [-0.2, -0.15) is 11.8 Å². The third kappa shape index (κ3) is 6.10. The summed E-state index contributed by atoms with van der Waals surface area (Å²) in [6.45, 7) is 4.32. The molecule has 0 heterocycles. The normalized spacial score (nSPS) is 11.8. The summed E-state index contributed by atoms with van der Waals surface area (Å²) in [7, 11) is -3.54. The Hall–Kier alpha value is -1.00. The Morgan fingerprint density at radius 2 is 2.10 bits per heavy atom. The van der Waals surface area contributed by atoms with Crippen molar-refractivity contribution in [1.82, 2.24) is 4.72 Å². The van der Waals surface area contributed by atoms with Crippen molar-refractivity contribution in [2.45, 2.75) is 29.9 Å². The lowest BCUT2D eigenvalue weighted by Gasteiger charge is -2.22. The van der Waals surface area contributed by atoms with Gasteiger partial charge in [-0.25, -0.2) is 13.1 Å². The van der Waals surface area contributed by atoms with Gasteiger partial charge in [0.1, 0.15) is 0 Å². The molecule has 116 valence electrons. The molecule has 0 aliphatic rings. The monoisotopic (exact) mass is 327 g/mol. The molecular weight excluding hydrogens is 306 g/mol. The van der Waals surface area contributed by atoms with Crippen LogP contribution in [0.25, 0.3) is 0 Å². The van der Waals surface area contributed by atoms with Gasteiger partial charge in [0, 0.05) is 23.3 Å². The average Bonchev–Trinajstić information content (AvgIpc) is 2.46. The van der Waals surface area contributed by atoms with Crippen LogP contribution in [0.3, 0.4) is 0 Å². The molecule has 0 saturated carbocycles. The maximum Gasteiger partial charge on any atom is 0.240 e. The minimum atomic E-state index is -3.54. The van der Waals surface area contributed by atoms with E-state index in [0.717, 1.165) is 0 Å². The van der Waals surface area contributed by atoms with Crippen molar-refractivity contribution in [2.24, 2.45) is 0 Å². The summed E-state index contributed by atoms with van der Waals surface area (Å²) < 4.78 is 27.0. The molecule has 0 radical (unpaired) electrons. The number of thioether (sulfide) groups is 1. The molecule has 0 unspecified atom stereocenters. The van der Waals surface area contributed by atoms with Crippen LogP contribution >= 0.6 is 11.8 Å². The van der Waals surface area contributed by atoms with Crippen LogP contribution in [0, 0.1) is 11.8 Å². The van der Waals surface area contributed by atoms with E-state index >= 15 is 0 Å². The second-order valence-corrected chi connectivity index (χ2v) is 8.37. The number of sulfonamides is 1. The SMILES string of the molecule is CSC(C)(C)CNS(=O)(=O)c1cccc(C#CCCO)c1. The van der Waals surface area contributed by atoms with E-state index in [9.17, 15) is 8.42 Å². The van der Waals surface area contributed by atoms with E-state index < -0.39 is 10.0 Å². The maximum atomic E-state index is 12.3. The largest absolute Gasteiger partial charge is 0.395 e. The number of aliphatic hydroxyl groups is 1. The fraction of sp³-hybridized carbons (Fsp3) is 0.467. The number of hydrogen-bond acceptors (Lipinski definition) is 4. The quantitative estimate of drug-likeness (QED) is 0.783. The van der Waals surface area contributed by atoms with Gasteiger partial charge in [0.2, 0.25) is 10.0 Å². The lowest BCUT2D eigenvalue weighted by atomic mass is 10.2. The predicted octanol–water partition coefficient (Wildman–Crippen LogP) is 1.84. The van der Waals surface area contributed by atoms with Crippen molar-refractivity contribution in [2.75, 3.05) is 19.4 Å². The van der Waals surface area contributed by atoms with E-state index in [4.69, 9.17) is 5.11 Å². The first-order chi connectivity index (χ1) is 9.80. The molecule has 4 nitrogen and oxygen atoms in total. The summed E-state index contributed by atoms with van der Waals surface area (Å²) in [5, 5.41) is 8.69. The molecule has 1 aromatic carbocycles. The zero-order valence-corrected chi connectivity index (χ0v) is 14.1. The molecule has 0 aliphatic heterocycles. The summed E-state index contributed by atoms with van der Waals surface area (Å²) in [6, 6.07) is 6.50. The molecule has 2 N–H and O–H groups in total. The summed E-state index contributed by atoms with van der Waals surface area (Å²) in [4.78, 5) is 0.204. The second-order valence-electron chi connectivity index (χ2n) is 5.09.